The molecular formula is C10H15N. The monoisotopic (exact) mass is 149 g/mol. The van der Waals surface area contributed by atoms with Crippen molar-refractivity contribution in [3.05, 3.63) is 11.8 Å². The van der Waals surface area contributed by atoms with E-state index in [0.29, 0.717) is 0 Å². The van der Waals surface area contributed by atoms with Gasteiger partial charge in [0.2, 0.25) is 0 Å². The number of hydrogen-bond donors (Lipinski definition) is 0. The molecule has 0 saturated heterocycles. The van der Waals surface area contributed by atoms with E-state index in [4.69, 9.17) is 0 Å². The van der Waals surface area contributed by atoms with Crippen LogP contribution in [0.15, 0.2) is 16.8 Å². The number of aliphatic imine (C=N–C) groups is 1. The third-order valence-electron chi connectivity index (χ3n) is 2.58. The van der Waals surface area contributed by atoms with E-state index in [9.17, 15) is 0 Å². The van der Waals surface area contributed by atoms with E-state index in [-0.39, 0.29) is 0 Å². The molecule has 0 aromatic carbocycles. The number of rotatable bonds is 2. The van der Waals surface area contributed by atoms with Crippen LogP contribution in [0.4, 0.5) is 0 Å². The quantitative estimate of drug-likeness (QED) is 0.572. The first-order chi connectivity index (χ1) is 5.40. The lowest BCUT2D eigenvalue weighted by Gasteiger charge is -2.12. The third kappa shape index (κ3) is 1.52. The van der Waals surface area contributed by atoms with E-state index < -0.39 is 0 Å². The molecule has 1 heteroatoms. The first-order valence-electron chi connectivity index (χ1n) is 4.64. The van der Waals surface area contributed by atoms with Crippen LogP contribution in [0.3, 0.4) is 0 Å². The molecule has 0 bridgehead atoms. The van der Waals surface area contributed by atoms with E-state index in [1.165, 1.54) is 31.4 Å². The van der Waals surface area contributed by atoms with Crippen molar-refractivity contribution in [2.45, 2.75) is 32.6 Å². The number of allylic oxidation sites excluding steroid dienone is 2. The van der Waals surface area contributed by atoms with Crippen LogP contribution in [0.1, 0.15) is 32.6 Å². The van der Waals surface area contributed by atoms with Crippen molar-refractivity contribution in [2.24, 2.45) is 16.8 Å². The molecule has 1 fully saturated rings. The van der Waals surface area contributed by atoms with Gasteiger partial charge in [-0.15, -0.1) is 0 Å². The average molecular weight is 149 g/mol. The Morgan fingerprint density at radius 1 is 1.55 bits per heavy atom. The molecule has 1 aliphatic heterocycles. The van der Waals surface area contributed by atoms with Gasteiger partial charge in [-0.3, -0.25) is 4.99 Å². The molecule has 2 rings (SSSR count). The second-order valence-corrected chi connectivity index (χ2v) is 3.59. The summed E-state index contributed by atoms with van der Waals surface area (Å²) in [4.78, 5) is 4.48. The lowest BCUT2D eigenvalue weighted by Crippen LogP contribution is -2.04. The van der Waals surface area contributed by atoms with Gasteiger partial charge in [0.05, 0.1) is 0 Å². The van der Waals surface area contributed by atoms with Crippen LogP contribution in [0, 0.1) is 11.8 Å². The lowest BCUT2D eigenvalue weighted by atomic mass is 10.0. The first kappa shape index (κ1) is 7.08. The van der Waals surface area contributed by atoms with Gasteiger partial charge < -0.3 is 0 Å². The second kappa shape index (κ2) is 2.80. The van der Waals surface area contributed by atoms with Crippen LogP contribution in [0.5, 0.6) is 0 Å². The Bertz CT molecular complexity index is 199. The smallest absolute Gasteiger partial charge is 0.0391 e. The van der Waals surface area contributed by atoms with Gasteiger partial charge in [0, 0.05) is 17.8 Å². The van der Waals surface area contributed by atoms with Gasteiger partial charge in [0.15, 0.2) is 0 Å². The predicted molar refractivity (Wildman–Crippen MR) is 47.7 cm³/mol. The fourth-order valence-corrected chi connectivity index (χ4v) is 1.50. The van der Waals surface area contributed by atoms with Gasteiger partial charge in [0.1, 0.15) is 0 Å². The molecule has 1 atom stereocenters. The van der Waals surface area contributed by atoms with Gasteiger partial charge in [0.25, 0.3) is 0 Å². The highest BCUT2D eigenvalue weighted by atomic mass is 14.8. The second-order valence-electron chi connectivity index (χ2n) is 3.59. The average Bonchev–Trinajstić information content (AvgIpc) is 2.87. The minimum Gasteiger partial charge on any atom is -0.265 e. The summed E-state index contributed by atoms with van der Waals surface area (Å²) >= 11 is 0. The molecule has 1 heterocycles. The summed E-state index contributed by atoms with van der Waals surface area (Å²) in [6.45, 7) is 2.23. The largest absolute Gasteiger partial charge is 0.265 e. The van der Waals surface area contributed by atoms with Crippen molar-refractivity contribution >= 4 is 6.21 Å². The Kier molecular flexibility index (Phi) is 1.80. The zero-order valence-corrected chi connectivity index (χ0v) is 7.09. The Labute approximate surface area is 68.2 Å². The maximum atomic E-state index is 4.48. The highest BCUT2D eigenvalue weighted by molar-refractivity contribution is 5.64. The molecule has 0 radical (unpaired) electrons. The molecule has 0 aromatic rings. The van der Waals surface area contributed by atoms with Crippen LogP contribution in [0.2, 0.25) is 0 Å². The van der Waals surface area contributed by atoms with E-state index in [1.807, 2.05) is 0 Å². The van der Waals surface area contributed by atoms with Gasteiger partial charge in [-0.2, -0.15) is 0 Å². The van der Waals surface area contributed by atoms with Crippen molar-refractivity contribution < 1.29 is 0 Å². The summed E-state index contributed by atoms with van der Waals surface area (Å²) in [6.07, 6.45) is 9.70. The number of nitrogens with zero attached hydrogens (tertiary/aromatic N) is 1. The summed E-state index contributed by atoms with van der Waals surface area (Å²) in [5.41, 5.74) is 1.37. The molecule has 1 unspecified atom stereocenters. The minimum absolute atomic E-state index is 0.720. The first-order valence-corrected chi connectivity index (χ1v) is 4.64. The molecule has 0 aromatic heterocycles. The Morgan fingerprint density at radius 2 is 2.36 bits per heavy atom. The van der Waals surface area contributed by atoms with Crippen molar-refractivity contribution in [3.8, 4) is 0 Å². The van der Waals surface area contributed by atoms with Gasteiger partial charge in [-0.05, 0) is 31.6 Å². The maximum absolute atomic E-state index is 4.48. The SMILES string of the molecule is CCC1C=NC(C2CC2)=CC1. The molecule has 0 amide bonds. The molecule has 1 aliphatic carbocycles. The summed E-state index contributed by atoms with van der Waals surface area (Å²) in [7, 11) is 0. The molecule has 1 saturated carbocycles. The standard InChI is InChI=1S/C10H15N/c1-2-8-3-6-10(11-7-8)9-4-5-9/h6-9H,2-5H2,1H3. The van der Waals surface area contributed by atoms with Crippen LogP contribution < -0.4 is 0 Å². The van der Waals surface area contributed by atoms with Crippen molar-refractivity contribution in [1.82, 2.24) is 0 Å². The van der Waals surface area contributed by atoms with Crippen LogP contribution in [0.25, 0.3) is 0 Å². The van der Waals surface area contributed by atoms with Crippen LogP contribution in [-0.2, 0) is 0 Å². The maximum Gasteiger partial charge on any atom is 0.0391 e. The zero-order valence-electron chi connectivity index (χ0n) is 7.09. The van der Waals surface area contributed by atoms with Crippen LogP contribution in [-0.4, -0.2) is 6.21 Å². The summed E-state index contributed by atoms with van der Waals surface area (Å²) in [5.74, 6) is 1.56. The lowest BCUT2D eigenvalue weighted by molar-refractivity contribution is 0.670. The van der Waals surface area contributed by atoms with E-state index in [1.54, 1.807) is 0 Å². The van der Waals surface area contributed by atoms with E-state index >= 15 is 0 Å². The van der Waals surface area contributed by atoms with Gasteiger partial charge in [-0.25, -0.2) is 0 Å². The normalized spacial score (nSPS) is 30.3. The molecular weight excluding hydrogens is 134 g/mol. The highest BCUT2D eigenvalue weighted by Crippen LogP contribution is 2.38. The fourth-order valence-electron chi connectivity index (χ4n) is 1.50. The van der Waals surface area contributed by atoms with Crippen molar-refractivity contribution in [3.63, 3.8) is 0 Å². The molecule has 0 N–H and O–H groups in total. The Balaban J connectivity index is 1.96. The summed E-state index contributed by atoms with van der Waals surface area (Å²) in [6, 6.07) is 0. The van der Waals surface area contributed by atoms with E-state index in [0.717, 1.165) is 11.8 Å². The van der Waals surface area contributed by atoms with Gasteiger partial charge in [-0.1, -0.05) is 13.0 Å². The molecule has 2 aliphatic rings. The molecule has 1 nitrogen and oxygen atoms in total. The minimum atomic E-state index is 0.720. The zero-order chi connectivity index (χ0) is 7.68. The van der Waals surface area contributed by atoms with Gasteiger partial charge >= 0.3 is 0 Å². The van der Waals surface area contributed by atoms with Crippen molar-refractivity contribution in [1.29, 1.82) is 0 Å². The highest BCUT2D eigenvalue weighted by Gasteiger charge is 2.26. The molecule has 11 heavy (non-hydrogen) atoms. The Morgan fingerprint density at radius 3 is 2.82 bits per heavy atom. The third-order valence-corrected chi connectivity index (χ3v) is 2.58. The Hall–Kier alpha value is -0.590. The summed E-state index contributed by atoms with van der Waals surface area (Å²) in [5, 5.41) is 0. The predicted octanol–water partition coefficient (Wildman–Crippen LogP) is 2.78. The molecule has 0 spiro atoms. The number of hydrogen-bond acceptors (Lipinski definition) is 1. The fraction of sp³-hybridized carbons (Fsp3) is 0.700. The van der Waals surface area contributed by atoms with Crippen LogP contribution >= 0.6 is 0 Å². The van der Waals surface area contributed by atoms with E-state index in [2.05, 4.69) is 24.2 Å². The summed E-state index contributed by atoms with van der Waals surface area (Å²) < 4.78 is 0. The molecule has 60 valence electrons. The van der Waals surface area contributed by atoms with Crippen molar-refractivity contribution in [2.75, 3.05) is 0 Å². The topological polar surface area (TPSA) is 12.4 Å².